The first-order valence-corrected chi connectivity index (χ1v) is 9.11. The molecule has 1 unspecified atom stereocenters. The number of carbonyl (C=O) groups excluding carboxylic acids is 1. The van der Waals surface area contributed by atoms with E-state index in [9.17, 15) is 27.9 Å². The van der Waals surface area contributed by atoms with Crippen LogP contribution in [0.1, 0.15) is 16.7 Å². The van der Waals surface area contributed by atoms with Crippen molar-refractivity contribution in [2.75, 3.05) is 7.05 Å². The third-order valence-electron chi connectivity index (χ3n) is 4.91. The SMILES string of the molecule is CN(C(=O)O)C(Cc1c[nH]c2ccccc12)C(=O)NCc1ccc(C(F)(F)F)cc1. The van der Waals surface area contributed by atoms with Crippen molar-refractivity contribution in [2.24, 2.45) is 0 Å². The summed E-state index contributed by atoms with van der Waals surface area (Å²) in [7, 11) is 1.31. The molecule has 30 heavy (non-hydrogen) atoms. The molecule has 9 heteroatoms. The number of halogens is 3. The lowest BCUT2D eigenvalue weighted by Crippen LogP contribution is -2.48. The molecular weight excluding hydrogens is 399 g/mol. The molecule has 2 aromatic carbocycles. The molecule has 158 valence electrons. The number of aromatic amines is 1. The van der Waals surface area contributed by atoms with E-state index in [0.29, 0.717) is 5.56 Å². The topological polar surface area (TPSA) is 85.4 Å². The predicted octanol–water partition coefficient (Wildman–Crippen LogP) is 4.02. The average molecular weight is 419 g/mol. The highest BCUT2D eigenvalue weighted by Gasteiger charge is 2.30. The Balaban J connectivity index is 1.73. The summed E-state index contributed by atoms with van der Waals surface area (Å²) in [6.07, 6.45) is -3.82. The Morgan fingerprint density at radius 2 is 1.80 bits per heavy atom. The molecule has 0 spiro atoms. The van der Waals surface area contributed by atoms with Crippen LogP contribution in [0.3, 0.4) is 0 Å². The number of amides is 2. The Kier molecular flexibility index (Phi) is 6.00. The van der Waals surface area contributed by atoms with Crippen LogP contribution in [0.5, 0.6) is 0 Å². The van der Waals surface area contributed by atoms with Crippen molar-refractivity contribution in [1.82, 2.24) is 15.2 Å². The van der Waals surface area contributed by atoms with Gasteiger partial charge in [0.1, 0.15) is 6.04 Å². The van der Waals surface area contributed by atoms with E-state index in [-0.39, 0.29) is 13.0 Å². The number of likely N-dealkylation sites (N-methyl/N-ethyl adjacent to an activating group) is 1. The number of alkyl halides is 3. The number of carbonyl (C=O) groups is 2. The van der Waals surface area contributed by atoms with E-state index in [2.05, 4.69) is 10.3 Å². The number of benzene rings is 2. The zero-order valence-corrected chi connectivity index (χ0v) is 16.0. The smallest absolute Gasteiger partial charge is 0.416 e. The highest BCUT2D eigenvalue weighted by molar-refractivity contribution is 5.88. The second-order valence-corrected chi connectivity index (χ2v) is 6.89. The molecule has 0 aliphatic heterocycles. The van der Waals surface area contributed by atoms with Crippen molar-refractivity contribution in [3.05, 3.63) is 71.4 Å². The zero-order valence-electron chi connectivity index (χ0n) is 16.0. The third kappa shape index (κ3) is 4.73. The monoisotopic (exact) mass is 419 g/mol. The molecule has 0 radical (unpaired) electrons. The van der Waals surface area contributed by atoms with Crippen LogP contribution in [-0.4, -0.2) is 40.1 Å². The van der Waals surface area contributed by atoms with Gasteiger partial charge in [0.15, 0.2) is 0 Å². The molecule has 3 N–H and O–H groups in total. The number of hydrogen-bond donors (Lipinski definition) is 3. The van der Waals surface area contributed by atoms with Crippen molar-refractivity contribution < 1.29 is 27.9 Å². The molecule has 3 rings (SSSR count). The number of fused-ring (bicyclic) bond motifs is 1. The quantitative estimate of drug-likeness (QED) is 0.564. The molecule has 1 aromatic heterocycles. The Labute approximate surface area is 170 Å². The van der Waals surface area contributed by atoms with E-state index in [1.54, 1.807) is 6.20 Å². The van der Waals surface area contributed by atoms with Crippen LogP contribution in [0.2, 0.25) is 0 Å². The van der Waals surface area contributed by atoms with E-state index in [4.69, 9.17) is 0 Å². The number of carboxylic acid groups (broad SMARTS) is 1. The minimum Gasteiger partial charge on any atom is -0.465 e. The molecule has 2 amide bonds. The van der Waals surface area contributed by atoms with E-state index >= 15 is 0 Å². The van der Waals surface area contributed by atoms with Gasteiger partial charge in [0.05, 0.1) is 5.56 Å². The minimum absolute atomic E-state index is 0.0190. The van der Waals surface area contributed by atoms with Crippen molar-refractivity contribution >= 4 is 22.9 Å². The van der Waals surface area contributed by atoms with Crippen LogP contribution in [0, 0.1) is 0 Å². The summed E-state index contributed by atoms with van der Waals surface area (Å²) >= 11 is 0. The summed E-state index contributed by atoms with van der Waals surface area (Å²) in [5, 5.41) is 12.9. The van der Waals surface area contributed by atoms with Gasteiger partial charge >= 0.3 is 12.3 Å². The summed E-state index contributed by atoms with van der Waals surface area (Å²) in [5.41, 5.74) is 1.35. The first-order chi connectivity index (χ1) is 14.2. The number of hydrogen-bond acceptors (Lipinski definition) is 2. The summed E-state index contributed by atoms with van der Waals surface area (Å²) in [5.74, 6) is -0.537. The van der Waals surface area contributed by atoms with E-state index in [0.717, 1.165) is 33.5 Å². The Morgan fingerprint density at radius 3 is 2.43 bits per heavy atom. The molecule has 0 saturated heterocycles. The molecule has 0 aliphatic carbocycles. The minimum atomic E-state index is -4.43. The van der Waals surface area contributed by atoms with E-state index < -0.39 is 29.8 Å². The highest BCUT2D eigenvalue weighted by atomic mass is 19.4. The van der Waals surface area contributed by atoms with Gasteiger partial charge < -0.3 is 15.4 Å². The summed E-state index contributed by atoms with van der Waals surface area (Å²) in [6.45, 7) is -0.0190. The van der Waals surface area contributed by atoms with Gasteiger partial charge in [0, 0.05) is 37.1 Å². The normalized spacial score (nSPS) is 12.5. The van der Waals surface area contributed by atoms with Gasteiger partial charge in [-0.05, 0) is 29.3 Å². The first kappa shape index (κ1) is 21.2. The number of nitrogens with one attached hydrogen (secondary N) is 2. The van der Waals surface area contributed by atoms with E-state index in [1.807, 2.05) is 24.3 Å². The molecule has 0 bridgehead atoms. The standard InChI is InChI=1S/C21H20F3N3O3/c1-27(20(29)30)18(10-14-12-25-17-5-3-2-4-16(14)17)19(28)26-11-13-6-8-15(9-7-13)21(22,23)24/h2-9,12,18,25H,10-11H2,1H3,(H,26,28)(H,29,30). The maximum atomic E-state index is 12.7. The predicted molar refractivity (Wildman–Crippen MR) is 105 cm³/mol. The fourth-order valence-corrected chi connectivity index (χ4v) is 3.17. The van der Waals surface area contributed by atoms with Gasteiger partial charge in [-0.1, -0.05) is 30.3 Å². The van der Waals surface area contributed by atoms with Crippen LogP contribution < -0.4 is 5.32 Å². The number of aromatic nitrogens is 1. The molecule has 0 fully saturated rings. The largest absolute Gasteiger partial charge is 0.465 e. The van der Waals surface area contributed by atoms with E-state index in [1.165, 1.54) is 19.2 Å². The number of para-hydroxylation sites is 1. The van der Waals surface area contributed by atoms with Gasteiger partial charge in [0.25, 0.3) is 0 Å². The maximum Gasteiger partial charge on any atom is 0.416 e. The lowest BCUT2D eigenvalue weighted by Gasteiger charge is -2.25. The Bertz CT molecular complexity index is 1040. The Morgan fingerprint density at radius 1 is 1.13 bits per heavy atom. The molecule has 3 aromatic rings. The van der Waals surface area contributed by atoms with Crippen LogP contribution in [-0.2, 0) is 23.9 Å². The summed E-state index contributed by atoms with van der Waals surface area (Å²) in [4.78, 5) is 28.2. The summed E-state index contributed by atoms with van der Waals surface area (Å²) in [6, 6.07) is 10.9. The van der Waals surface area contributed by atoms with Crippen molar-refractivity contribution in [3.8, 4) is 0 Å². The molecule has 1 atom stereocenters. The van der Waals surface area contributed by atoms with Gasteiger partial charge in [0.2, 0.25) is 5.91 Å². The van der Waals surface area contributed by atoms with Gasteiger partial charge in [-0.15, -0.1) is 0 Å². The fraction of sp³-hybridized carbons (Fsp3) is 0.238. The number of nitrogens with zero attached hydrogens (tertiary/aromatic N) is 1. The van der Waals surface area contributed by atoms with Crippen molar-refractivity contribution in [2.45, 2.75) is 25.2 Å². The number of H-pyrrole nitrogens is 1. The molecular formula is C21H20F3N3O3. The van der Waals surface area contributed by atoms with Crippen LogP contribution in [0.25, 0.3) is 10.9 Å². The second kappa shape index (κ2) is 8.48. The van der Waals surface area contributed by atoms with Crippen LogP contribution in [0.15, 0.2) is 54.7 Å². The molecule has 1 heterocycles. The Hall–Kier alpha value is -3.49. The lowest BCUT2D eigenvalue weighted by molar-refractivity contribution is -0.137. The molecule has 6 nitrogen and oxygen atoms in total. The molecule has 0 saturated carbocycles. The third-order valence-corrected chi connectivity index (χ3v) is 4.91. The molecule has 0 aliphatic rings. The highest BCUT2D eigenvalue weighted by Crippen LogP contribution is 2.29. The van der Waals surface area contributed by atoms with Gasteiger partial charge in [-0.25, -0.2) is 4.79 Å². The van der Waals surface area contributed by atoms with Crippen molar-refractivity contribution in [3.63, 3.8) is 0 Å². The van der Waals surface area contributed by atoms with Crippen LogP contribution >= 0.6 is 0 Å². The summed E-state index contributed by atoms with van der Waals surface area (Å²) < 4.78 is 38.0. The maximum absolute atomic E-state index is 12.7. The average Bonchev–Trinajstić information content (AvgIpc) is 3.12. The second-order valence-electron chi connectivity index (χ2n) is 6.89. The fourth-order valence-electron chi connectivity index (χ4n) is 3.17. The zero-order chi connectivity index (χ0) is 21.9. The number of rotatable bonds is 6. The van der Waals surface area contributed by atoms with Crippen molar-refractivity contribution in [1.29, 1.82) is 0 Å². The lowest BCUT2D eigenvalue weighted by atomic mass is 10.0. The van der Waals surface area contributed by atoms with Crippen LogP contribution in [0.4, 0.5) is 18.0 Å². The van der Waals surface area contributed by atoms with Gasteiger partial charge in [-0.2, -0.15) is 13.2 Å². The van der Waals surface area contributed by atoms with Gasteiger partial charge in [-0.3, -0.25) is 9.69 Å². The first-order valence-electron chi connectivity index (χ1n) is 9.11.